The first-order valence-corrected chi connectivity index (χ1v) is 8.66. The standard InChI is InChI=1S/C16H19BrN2OS/c1-16(2,3)21(20)19-15(12-7-5-4-6-8-12)14-10-9-13(17)11-18-14/h4-11,15,19H,1-3H3/t15-,21?/m0/s1. The molecule has 0 amide bonds. The van der Waals surface area contributed by atoms with Crippen LogP contribution in [0.1, 0.15) is 38.1 Å². The van der Waals surface area contributed by atoms with Crippen LogP contribution >= 0.6 is 15.9 Å². The van der Waals surface area contributed by atoms with Gasteiger partial charge in [0, 0.05) is 22.0 Å². The van der Waals surface area contributed by atoms with Crippen LogP contribution in [0.25, 0.3) is 0 Å². The molecular formula is C16H19BrN2OS. The topological polar surface area (TPSA) is 48.0 Å². The van der Waals surface area contributed by atoms with E-state index in [1.165, 1.54) is 0 Å². The van der Waals surface area contributed by atoms with Gasteiger partial charge in [-0.2, -0.15) is 0 Å². The molecule has 5 heteroatoms. The molecule has 1 aromatic heterocycles. The molecule has 1 heterocycles. The highest BCUT2D eigenvalue weighted by molar-refractivity contribution is 9.10. The van der Waals surface area contributed by atoms with Crippen molar-refractivity contribution in [3.8, 4) is 0 Å². The Bertz CT molecular complexity index is 569. The SMILES string of the molecule is CC(C)(C)[S+]([O-])N[C@@H](c1ccccc1)c1ccc(Br)cn1. The zero-order valence-corrected chi connectivity index (χ0v) is 14.7. The molecule has 0 aliphatic rings. The fourth-order valence-corrected chi connectivity index (χ4v) is 2.85. The molecule has 0 spiro atoms. The molecule has 2 aromatic rings. The first-order chi connectivity index (χ1) is 9.88. The molecule has 0 bridgehead atoms. The van der Waals surface area contributed by atoms with E-state index in [-0.39, 0.29) is 10.8 Å². The van der Waals surface area contributed by atoms with Crippen molar-refractivity contribution in [2.45, 2.75) is 31.6 Å². The van der Waals surface area contributed by atoms with E-state index in [2.05, 4.69) is 25.6 Å². The maximum atomic E-state index is 12.5. The molecule has 0 saturated carbocycles. The molecule has 1 N–H and O–H groups in total. The Kier molecular flexibility index (Phi) is 5.43. The van der Waals surface area contributed by atoms with Crippen LogP contribution in [0.15, 0.2) is 53.1 Å². The molecule has 1 aromatic carbocycles. The molecule has 0 radical (unpaired) electrons. The lowest BCUT2D eigenvalue weighted by Gasteiger charge is -2.28. The van der Waals surface area contributed by atoms with Gasteiger partial charge in [0.15, 0.2) is 0 Å². The second kappa shape index (κ2) is 6.92. The molecule has 0 aliphatic heterocycles. The summed E-state index contributed by atoms with van der Waals surface area (Å²) >= 11 is 2.22. The van der Waals surface area contributed by atoms with E-state index >= 15 is 0 Å². The Balaban J connectivity index is 2.33. The maximum absolute atomic E-state index is 12.5. The lowest BCUT2D eigenvalue weighted by Crippen LogP contribution is -2.41. The minimum absolute atomic E-state index is 0.195. The van der Waals surface area contributed by atoms with Gasteiger partial charge >= 0.3 is 0 Å². The van der Waals surface area contributed by atoms with E-state index in [0.717, 1.165) is 15.7 Å². The summed E-state index contributed by atoms with van der Waals surface area (Å²) in [6.45, 7) is 5.85. The van der Waals surface area contributed by atoms with Crippen LogP contribution in [0.2, 0.25) is 0 Å². The largest absolute Gasteiger partial charge is 0.598 e. The summed E-state index contributed by atoms with van der Waals surface area (Å²) in [7, 11) is 0. The number of hydrogen-bond donors (Lipinski definition) is 1. The van der Waals surface area contributed by atoms with Gasteiger partial charge in [-0.3, -0.25) is 4.98 Å². The third-order valence-electron chi connectivity index (χ3n) is 2.96. The zero-order valence-electron chi connectivity index (χ0n) is 12.3. The molecule has 0 fully saturated rings. The van der Waals surface area contributed by atoms with Gasteiger partial charge in [-0.05, 0) is 54.4 Å². The Morgan fingerprint density at radius 2 is 1.81 bits per heavy atom. The summed E-state index contributed by atoms with van der Waals surface area (Å²) in [4.78, 5) is 4.45. The molecular weight excluding hydrogens is 348 g/mol. The highest BCUT2D eigenvalue weighted by Crippen LogP contribution is 2.25. The Labute approximate surface area is 137 Å². The van der Waals surface area contributed by atoms with Crippen molar-refractivity contribution in [1.82, 2.24) is 9.71 Å². The van der Waals surface area contributed by atoms with Crippen molar-refractivity contribution in [1.29, 1.82) is 0 Å². The molecule has 112 valence electrons. The molecule has 2 atom stereocenters. The van der Waals surface area contributed by atoms with Crippen molar-refractivity contribution in [2.75, 3.05) is 0 Å². The van der Waals surface area contributed by atoms with E-state index in [9.17, 15) is 4.55 Å². The number of pyridine rings is 1. The number of halogens is 1. The average Bonchev–Trinajstić information content (AvgIpc) is 2.45. The Morgan fingerprint density at radius 3 is 2.33 bits per heavy atom. The third kappa shape index (κ3) is 4.54. The van der Waals surface area contributed by atoms with Gasteiger partial charge in [0.2, 0.25) is 0 Å². The second-order valence-corrected chi connectivity index (χ2v) is 8.66. The van der Waals surface area contributed by atoms with Crippen LogP contribution in [0.5, 0.6) is 0 Å². The third-order valence-corrected chi connectivity index (χ3v) is 4.99. The van der Waals surface area contributed by atoms with Gasteiger partial charge < -0.3 is 4.55 Å². The van der Waals surface area contributed by atoms with Crippen LogP contribution in [0, 0.1) is 0 Å². The predicted octanol–water partition coefficient (Wildman–Crippen LogP) is 3.99. The van der Waals surface area contributed by atoms with Crippen molar-refractivity contribution < 1.29 is 4.55 Å². The second-order valence-electron chi connectivity index (χ2n) is 5.74. The average molecular weight is 367 g/mol. The minimum atomic E-state index is -1.18. The maximum Gasteiger partial charge on any atom is 0.136 e. The summed E-state index contributed by atoms with van der Waals surface area (Å²) in [6.07, 6.45) is 1.76. The number of rotatable bonds is 4. The Hall–Kier alpha value is -0.880. The molecule has 2 rings (SSSR count). The molecule has 0 saturated heterocycles. The van der Waals surface area contributed by atoms with E-state index < -0.39 is 11.4 Å². The van der Waals surface area contributed by atoms with Crippen LogP contribution in [0.4, 0.5) is 0 Å². The van der Waals surface area contributed by atoms with Crippen molar-refractivity contribution >= 4 is 27.3 Å². The summed E-state index contributed by atoms with van der Waals surface area (Å²) in [5.74, 6) is 0. The smallest absolute Gasteiger partial charge is 0.136 e. The number of hydrogen-bond acceptors (Lipinski definition) is 3. The zero-order chi connectivity index (χ0) is 15.5. The van der Waals surface area contributed by atoms with Gasteiger partial charge in [0.1, 0.15) is 10.8 Å². The summed E-state index contributed by atoms with van der Waals surface area (Å²) < 4.78 is 16.2. The van der Waals surface area contributed by atoms with Gasteiger partial charge in [-0.25, -0.2) is 0 Å². The minimum Gasteiger partial charge on any atom is -0.598 e. The summed E-state index contributed by atoms with van der Waals surface area (Å²) in [5.41, 5.74) is 1.90. The highest BCUT2D eigenvalue weighted by atomic mass is 79.9. The number of nitrogens with one attached hydrogen (secondary N) is 1. The van der Waals surface area contributed by atoms with Crippen molar-refractivity contribution in [3.05, 3.63) is 64.4 Å². The van der Waals surface area contributed by atoms with Crippen molar-refractivity contribution in [2.24, 2.45) is 0 Å². The van der Waals surface area contributed by atoms with E-state index in [1.54, 1.807) is 6.20 Å². The van der Waals surface area contributed by atoms with Gasteiger partial charge in [0.05, 0.1) is 5.69 Å². The quantitative estimate of drug-likeness (QED) is 0.832. The monoisotopic (exact) mass is 366 g/mol. The molecule has 1 unspecified atom stereocenters. The first kappa shape index (κ1) is 16.5. The molecule has 3 nitrogen and oxygen atoms in total. The van der Waals surface area contributed by atoms with E-state index in [1.807, 2.05) is 63.2 Å². The summed E-state index contributed by atoms with van der Waals surface area (Å²) in [6, 6.07) is 13.6. The molecule has 21 heavy (non-hydrogen) atoms. The van der Waals surface area contributed by atoms with Gasteiger partial charge in [-0.15, -0.1) is 4.72 Å². The lowest BCUT2D eigenvalue weighted by atomic mass is 10.0. The van der Waals surface area contributed by atoms with Crippen LogP contribution in [-0.2, 0) is 11.4 Å². The summed E-state index contributed by atoms with van der Waals surface area (Å²) in [5, 5.41) is 0. The highest BCUT2D eigenvalue weighted by Gasteiger charge is 2.30. The fraction of sp³-hybridized carbons (Fsp3) is 0.312. The van der Waals surface area contributed by atoms with Gasteiger partial charge in [0.25, 0.3) is 0 Å². The fourth-order valence-electron chi connectivity index (χ4n) is 1.79. The number of nitrogens with zero attached hydrogens (tertiary/aromatic N) is 1. The Morgan fingerprint density at radius 1 is 1.14 bits per heavy atom. The van der Waals surface area contributed by atoms with E-state index in [0.29, 0.717) is 0 Å². The van der Waals surface area contributed by atoms with E-state index in [4.69, 9.17) is 0 Å². The van der Waals surface area contributed by atoms with Crippen LogP contribution in [-0.4, -0.2) is 14.3 Å². The predicted molar refractivity (Wildman–Crippen MR) is 91.3 cm³/mol. The van der Waals surface area contributed by atoms with Crippen LogP contribution < -0.4 is 4.72 Å². The first-order valence-electron chi connectivity index (χ1n) is 6.72. The van der Waals surface area contributed by atoms with Crippen molar-refractivity contribution in [3.63, 3.8) is 0 Å². The number of aromatic nitrogens is 1. The lowest BCUT2D eigenvalue weighted by molar-refractivity contribution is 0.534. The number of benzene rings is 1. The van der Waals surface area contributed by atoms with Gasteiger partial charge in [-0.1, -0.05) is 30.3 Å². The normalized spacial score (nSPS) is 14.7. The van der Waals surface area contributed by atoms with Crippen LogP contribution in [0.3, 0.4) is 0 Å². The molecule has 0 aliphatic carbocycles.